The van der Waals surface area contributed by atoms with Crippen molar-refractivity contribution in [2.24, 2.45) is 0 Å². The van der Waals surface area contributed by atoms with Crippen LogP contribution in [-0.4, -0.2) is 9.97 Å². The van der Waals surface area contributed by atoms with E-state index in [1.54, 1.807) is 0 Å². The average Bonchev–Trinajstić information content (AvgIpc) is 3.16. The van der Waals surface area contributed by atoms with Gasteiger partial charge in [-0.1, -0.05) is 60.7 Å². The molecule has 262 valence electrons. The number of aromatic nitrogens is 2. The van der Waals surface area contributed by atoms with Crippen LogP contribution in [0.4, 0.5) is 34.4 Å². The molecule has 0 saturated carbocycles. The summed E-state index contributed by atoms with van der Waals surface area (Å²) in [6.07, 6.45) is 0. The quantitative estimate of drug-likeness (QED) is 0.162. The van der Waals surface area contributed by atoms with E-state index < -0.39 is 0 Å². The van der Waals surface area contributed by atoms with Gasteiger partial charge < -0.3 is 0 Å². The molecule has 0 saturated heterocycles. The molecule has 0 N–H and O–H groups in total. The van der Waals surface area contributed by atoms with Crippen molar-refractivity contribution in [2.75, 3.05) is 9.80 Å². The Labute approximate surface area is 317 Å². The molecule has 0 amide bonds. The fourth-order valence-corrected chi connectivity index (χ4v) is 8.25. The fourth-order valence-electron chi connectivity index (χ4n) is 8.25. The Morgan fingerprint density at radius 3 is 1.13 bits per heavy atom. The van der Waals surface area contributed by atoms with E-state index in [4.69, 9.17) is 9.97 Å². The molecule has 0 radical (unpaired) electrons. The molecule has 0 aliphatic carbocycles. The molecule has 54 heavy (non-hydrogen) atoms. The van der Waals surface area contributed by atoms with Gasteiger partial charge in [-0.25, -0.2) is 9.97 Å². The molecule has 2 aromatic heterocycles. The van der Waals surface area contributed by atoms with E-state index in [0.717, 1.165) is 56.2 Å². The molecule has 4 heteroatoms. The van der Waals surface area contributed by atoms with E-state index in [-0.39, 0.29) is 0 Å². The Kier molecular flexibility index (Phi) is 8.12. The number of rotatable bonds is 6. The zero-order valence-corrected chi connectivity index (χ0v) is 31.6. The van der Waals surface area contributed by atoms with Gasteiger partial charge in [-0.15, -0.1) is 0 Å². The van der Waals surface area contributed by atoms with Gasteiger partial charge in [-0.3, -0.25) is 9.80 Å². The Hall–Kier alpha value is -6.52. The number of anilines is 6. The first-order chi connectivity index (χ1) is 26.2. The maximum atomic E-state index is 5.18. The molecule has 7 aromatic carbocycles. The standard InChI is InChI=1S/C50H42N4/c1-31-23-32(2)26-41(25-31)53(49-21-15-37-11-7-9-13-47(37)51-49)39-17-19-43-36(6)46-30-40(18-20-44(46)35(5)45(43)29-39)54(42-27-33(3)24-34(4)28-42)50-22-16-38-12-8-10-14-48(38)52-50/h7-30H,1-6H3. The molecular weight excluding hydrogens is 657 g/mol. The Morgan fingerprint density at radius 2 is 0.722 bits per heavy atom. The summed E-state index contributed by atoms with van der Waals surface area (Å²) in [5, 5.41) is 7.23. The van der Waals surface area contributed by atoms with Crippen LogP contribution in [0.1, 0.15) is 33.4 Å². The molecule has 0 fully saturated rings. The summed E-state index contributed by atoms with van der Waals surface area (Å²) in [6, 6.07) is 52.5. The van der Waals surface area contributed by atoms with E-state index in [1.807, 2.05) is 0 Å². The van der Waals surface area contributed by atoms with Crippen LogP contribution < -0.4 is 9.80 Å². The van der Waals surface area contributed by atoms with E-state index >= 15 is 0 Å². The van der Waals surface area contributed by atoms with Crippen molar-refractivity contribution in [3.8, 4) is 0 Å². The van der Waals surface area contributed by atoms with Crippen LogP contribution in [0.2, 0.25) is 0 Å². The first-order valence-corrected chi connectivity index (χ1v) is 18.7. The van der Waals surface area contributed by atoms with Crippen LogP contribution in [0.3, 0.4) is 0 Å². The lowest BCUT2D eigenvalue weighted by Gasteiger charge is -2.27. The predicted octanol–water partition coefficient (Wildman–Crippen LogP) is 13.9. The minimum Gasteiger partial charge on any atom is -0.295 e. The van der Waals surface area contributed by atoms with Crippen LogP contribution in [0.25, 0.3) is 43.4 Å². The van der Waals surface area contributed by atoms with Crippen molar-refractivity contribution in [2.45, 2.75) is 41.5 Å². The Bertz CT molecular complexity index is 2680. The van der Waals surface area contributed by atoms with Crippen molar-refractivity contribution in [3.63, 3.8) is 0 Å². The van der Waals surface area contributed by atoms with Crippen LogP contribution in [-0.2, 0) is 0 Å². The second-order valence-corrected chi connectivity index (χ2v) is 14.8. The molecule has 9 rings (SSSR count). The highest BCUT2D eigenvalue weighted by Gasteiger charge is 2.20. The second kappa shape index (κ2) is 13.2. The van der Waals surface area contributed by atoms with E-state index in [0.29, 0.717) is 0 Å². The average molecular weight is 699 g/mol. The predicted molar refractivity (Wildman–Crippen MR) is 230 cm³/mol. The van der Waals surface area contributed by atoms with Crippen molar-refractivity contribution < 1.29 is 0 Å². The van der Waals surface area contributed by atoms with Crippen LogP contribution in [0.5, 0.6) is 0 Å². The van der Waals surface area contributed by atoms with Gasteiger partial charge in [0.15, 0.2) is 0 Å². The summed E-state index contributed by atoms with van der Waals surface area (Å²) in [5.41, 5.74) is 13.7. The Balaban J connectivity index is 1.22. The molecule has 0 aliphatic rings. The number of hydrogen-bond donors (Lipinski definition) is 0. The van der Waals surface area contributed by atoms with Gasteiger partial charge in [0, 0.05) is 33.5 Å². The van der Waals surface area contributed by atoms with Gasteiger partial charge in [0.25, 0.3) is 0 Å². The minimum absolute atomic E-state index is 0.895. The van der Waals surface area contributed by atoms with Crippen molar-refractivity contribution in [3.05, 3.63) is 179 Å². The topological polar surface area (TPSA) is 32.3 Å². The molecule has 0 spiro atoms. The number of nitrogens with zero attached hydrogens (tertiary/aromatic N) is 4. The first-order valence-electron chi connectivity index (χ1n) is 18.7. The summed E-state index contributed by atoms with van der Waals surface area (Å²) in [6.45, 7) is 13.2. The Morgan fingerprint density at radius 1 is 0.333 bits per heavy atom. The minimum atomic E-state index is 0.895. The lowest BCUT2D eigenvalue weighted by molar-refractivity contribution is 1.19. The molecule has 0 unspecified atom stereocenters. The van der Waals surface area contributed by atoms with Gasteiger partial charge in [-0.2, -0.15) is 0 Å². The molecule has 0 aliphatic heterocycles. The maximum absolute atomic E-state index is 5.18. The highest BCUT2D eigenvalue weighted by molar-refractivity contribution is 6.08. The summed E-state index contributed by atoms with van der Waals surface area (Å²) < 4.78 is 0. The number of benzene rings is 7. The third-order valence-corrected chi connectivity index (χ3v) is 10.7. The highest BCUT2D eigenvalue weighted by Crippen LogP contribution is 2.42. The van der Waals surface area contributed by atoms with Crippen LogP contribution in [0, 0.1) is 41.5 Å². The lowest BCUT2D eigenvalue weighted by Crippen LogP contribution is -2.12. The van der Waals surface area contributed by atoms with Crippen molar-refractivity contribution >= 4 is 77.7 Å². The number of pyridine rings is 2. The SMILES string of the molecule is Cc1cc(C)cc(N(c2ccc3c(C)c4cc(N(c5cc(C)cc(C)c5)c5ccc6ccccc6n5)ccc4c(C)c3c2)c2ccc3ccccc3n2)c1. The monoisotopic (exact) mass is 698 g/mol. The number of aryl methyl sites for hydroxylation is 6. The fraction of sp³-hybridized carbons (Fsp3) is 0.120. The molecule has 9 aromatic rings. The van der Waals surface area contributed by atoms with Gasteiger partial charge in [0.1, 0.15) is 11.6 Å². The number of para-hydroxylation sites is 2. The van der Waals surface area contributed by atoms with E-state index in [9.17, 15) is 0 Å². The molecular formula is C50H42N4. The van der Waals surface area contributed by atoms with Crippen LogP contribution in [0.15, 0.2) is 146 Å². The zero-order chi connectivity index (χ0) is 37.1. The van der Waals surface area contributed by atoms with Crippen molar-refractivity contribution in [1.82, 2.24) is 9.97 Å². The largest absolute Gasteiger partial charge is 0.295 e. The smallest absolute Gasteiger partial charge is 0.138 e. The zero-order valence-electron chi connectivity index (χ0n) is 31.6. The summed E-state index contributed by atoms with van der Waals surface area (Å²) >= 11 is 0. The van der Waals surface area contributed by atoms with E-state index in [2.05, 4.69) is 197 Å². The normalized spacial score (nSPS) is 11.5. The second-order valence-electron chi connectivity index (χ2n) is 14.8. The van der Waals surface area contributed by atoms with E-state index in [1.165, 1.54) is 54.9 Å². The first kappa shape index (κ1) is 33.3. The lowest BCUT2D eigenvalue weighted by atomic mass is 9.92. The highest BCUT2D eigenvalue weighted by atomic mass is 15.2. The number of hydrogen-bond acceptors (Lipinski definition) is 4. The van der Waals surface area contributed by atoms with Gasteiger partial charge in [0.2, 0.25) is 0 Å². The van der Waals surface area contributed by atoms with Gasteiger partial charge in [0.05, 0.1) is 11.0 Å². The molecule has 4 nitrogen and oxygen atoms in total. The third kappa shape index (κ3) is 5.90. The molecule has 2 heterocycles. The van der Waals surface area contributed by atoms with Gasteiger partial charge in [-0.05, 0) is 181 Å². The van der Waals surface area contributed by atoms with Gasteiger partial charge >= 0.3 is 0 Å². The maximum Gasteiger partial charge on any atom is 0.138 e. The molecule has 0 atom stereocenters. The molecule has 0 bridgehead atoms. The van der Waals surface area contributed by atoms with Crippen LogP contribution >= 0.6 is 0 Å². The number of fused-ring (bicyclic) bond motifs is 4. The summed E-state index contributed by atoms with van der Waals surface area (Å²) in [4.78, 5) is 15.0. The summed E-state index contributed by atoms with van der Waals surface area (Å²) in [7, 11) is 0. The third-order valence-electron chi connectivity index (χ3n) is 10.7. The summed E-state index contributed by atoms with van der Waals surface area (Å²) in [5.74, 6) is 1.79. The van der Waals surface area contributed by atoms with Crippen molar-refractivity contribution in [1.29, 1.82) is 0 Å².